The summed E-state index contributed by atoms with van der Waals surface area (Å²) in [6, 6.07) is 4.16. The average Bonchev–Trinajstić information content (AvgIpc) is 2.82. The van der Waals surface area contributed by atoms with E-state index in [0.29, 0.717) is 5.88 Å². The summed E-state index contributed by atoms with van der Waals surface area (Å²) in [4.78, 5) is 11.9. The molecule has 0 saturated carbocycles. The molecule has 2 aromatic heterocycles. The largest absolute Gasteiger partial charge is 0.353 e. The Morgan fingerprint density at radius 3 is 2.81 bits per heavy atom. The molecule has 0 atom stereocenters. The van der Waals surface area contributed by atoms with Gasteiger partial charge in [-0.2, -0.15) is 0 Å². The fraction of sp³-hybridized carbons (Fsp3) is 0.273. The molecule has 0 N–H and O–H groups in total. The van der Waals surface area contributed by atoms with E-state index in [4.69, 9.17) is 11.6 Å². The van der Waals surface area contributed by atoms with Crippen LogP contribution in [0.25, 0.3) is 0 Å². The molecule has 5 heteroatoms. The highest BCUT2D eigenvalue weighted by Crippen LogP contribution is 2.15. The van der Waals surface area contributed by atoms with E-state index in [-0.39, 0.29) is 0 Å². The molecule has 84 valence electrons. The minimum atomic E-state index is 0.405. The standard InChI is InChI=1S/C11H12ClN3S/c1-15(8-10-3-2-4-16-10)11-7-13-9(5-12)6-14-11/h2-4,6-7H,5,8H2,1H3. The molecule has 0 radical (unpaired) electrons. The fourth-order valence-corrected chi connectivity index (χ4v) is 2.23. The molecule has 0 aromatic carbocycles. The Labute approximate surface area is 104 Å². The SMILES string of the molecule is CN(Cc1cccs1)c1cnc(CCl)cn1. The van der Waals surface area contributed by atoms with Crippen molar-refractivity contribution in [3.63, 3.8) is 0 Å². The highest BCUT2D eigenvalue weighted by atomic mass is 35.5. The van der Waals surface area contributed by atoms with Crippen LogP contribution in [0.2, 0.25) is 0 Å². The predicted octanol–water partition coefficient (Wildman–Crippen LogP) is 2.91. The summed E-state index contributed by atoms with van der Waals surface area (Å²) in [5.74, 6) is 1.27. The lowest BCUT2D eigenvalue weighted by atomic mass is 10.4. The summed E-state index contributed by atoms with van der Waals surface area (Å²) in [6.45, 7) is 0.854. The molecule has 2 aromatic rings. The Kier molecular flexibility index (Phi) is 3.74. The van der Waals surface area contributed by atoms with Gasteiger partial charge in [0.15, 0.2) is 0 Å². The van der Waals surface area contributed by atoms with Crippen molar-refractivity contribution >= 4 is 28.8 Å². The zero-order valence-electron chi connectivity index (χ0n) is 8.93. The number of halogens is 1. The van der Waals surface area contributed by atoms with Gasteiger partial charge in [0.1, 0.15) is 5.82 Å². The van der Waals surface area contributed by atoms with Gasteiger partial charge in [-0.3, -0.25) is 4.98 Å². The van der Waals surface area contributed by atoms with Crippen molar-refractivity contribution in [2.75, 3.05) is 11.9 Å². The van der Waals surface area contributed by atoms with Gasteiger partial charge in [-0.05, 0) is 11.4 Å². The van der Waals surface area contributed by atoms with Crippen molar-refractivity contribution in [3.05, 3.63) is 40.5 Å². The number of alkyl halides is 1. The van der Waals surface area contributed by atoms with Crippen molar-refractivity contribution in [3.8, 4) is 0 Å². The molecule has 2 rings (SSSR count). The maximum absolute atomic E-state index is 5.66. The van der Waals surface area contributed by atoms with Gasteiger partial charge in [0.25, 0.3) is 0 Å². The van der Waals surface area contributed by atoms with Crippen LogP contribution in [0.3, 0.4) is 0 Å². The molecule has 0 fully saturated rings. The third-order valence-electron chi connectivity index (χ3n) is 2.19. The van der Waals surface area contributed by atoms with Crippen LogP contribution in [-0.2, 0) is 12.4 Å². The van der Waals surface area contributed by atoms with Crippen LogP contribution in [0.15, 0.2) is 29.9 Å². The summed E-state index contributed by atoms with van der Waals surface area (Å²) in [5.41, 5.74) is 0.801. The van der Waals surface area contributed by atoms with Crippen LogP contribution in [-0.4, -0.2) is 17.0 Å². The molecule has 0 unspecified atom stereocenters. The van der Waals surface area contributed by atoms with Crippen LogP contribution in [0.1, 0.15) is 10.6 Å². The van der Waals surface area contributed by atoms with E-state index in [1.807, 2.05) is 7.05 Å². The second-order valence-electron chi connectivity index (χ2n) is 3.43. The Hall–Kier alpha value is -1.13. The maximum Gasteiger partial charge on any atom is 0.147 e. The van der Waals surface area contributed by atoms with Crippen molar-refractivity contribution in [2.45, 2.75) is 12.4 Å². The molecule has 3 nitrogen and oxygen atoms in total. The third kappa shape index (κ3) is 2.71. The zero-order chi connectivity index (χ0) is 11.4. The third-order valence-corrected chi connectivity index (χ3v) is 3.33. The molecule has 0 saturated heterocycles. The topological polar surface area (TPSA) is 29.0 Å². The van der Waals surface area contributed by atoms with Gasteiger partial charge in [0.05, 0.1) is 30.5 Å². The van der Waals surface area contributed by atoms with E-state index in [1.165, 1.54) is 4.88 Å². The van der Waals surface area contributed by atoms with E-state index in [0.717, 1.165) is 18.1 Å². The van der Waals surface area contributed by atoms with Gasteiger partial charge in [-0.25, -0.2) is 4.98 Å². The first-order chi connectivity index (χ1) is 7.79. The van der Waals surface area contributed by atoms with Gasteiger partial charge in [0, 0.05) is 11.9 Å². The van der Waals surface area contributed by atoms with Crippen molar-refractivity contribution in [2.24, 2.45) is 0 Å². The van der Waals surface area contributed by atoms with Crippen LogP contribution in [0, 0.1) is 0 Å². The molecule has 16 heavy (non-hydrogen) atoms. The lowest BCUT2D eigenvalue weighted by Crippen LogP contribution is -2.17. The molecule has 0 aliphatic heterocycles. The number of hydrogen-bond acceptors (Lipinski definition) is 4. The monoisotopic (exact) mass is 253 g/mol. The maximum atomic E-state index is 5.66. The highest BCUT2D eigenvalue weighted by molar-refractivity contribution is 7.09. The molecule has 0 amide bonds. The van der Waals surface area contributed by atoms with Crippen molar-refractivity contribution < 1.29 is 0 Å². The van der Waals surface area contributed by atoms with E-state index in [2.05, 4.69) is 32.4 Å². The van der Waals surface area contributed by atoms with Gasteiger partial charge < -0.3 is 4.90 Å². The van der Waals surface area contributed by atoms with Crippen LogP contribution < -0.4 is 4.90 Å². The number of thiophene rings is 1. The van der Waals surface area contributed by atoms with Gasteiger partial charge in [-0.15, -0.1) is 22.9 Å². The summed E-state index contributed by atoms with van der Waals surface area (Å²) in [6.07, 6.45) is 3.47. The second kappa shape index (κ2) is 5.27. The number of rotatable bonds is 4. The predicted molar refractivity (Wildman–Crippen MR) is 68.0 cm³/mol. The Bertz CT molecular complexity index is 427. The van der Waals surface area contributed by atoms with E-state index >= 15 is 0 Å². The van der Waals surface area contributed by atoms with Crippen LogP contribution >= 0.6 is 22.9 Å². The normalized spacial score (nSPS) is 10.4. The number of aromatic nitrogens is 2. The quantitative estimate of drug-likeness (QED) is 0.785. The fourth-order valence-electron chi connectivity index (χ4n) is 1.33. The molecular weight excluding hydrogens is 242 g/mol. The number of nitrogens with zero attached hydrogens (tertiary/aromatic N) is 3. The number of hydrogen-bond donors (Lipinski definition) is 0. The van der Waals surface area contributed by atoms with Gasteiger partial charge in [0.2, 0.25) is 0 Å². The molecule has 2 heterocycles. The Balaban J connectivity index is 2.05. The Morgan fingerprint density at radius 2 is 2.25 bits per heavy atom. The van der Waals surface area contributed by atoms with Crippen molar-refractivity contribution in [1.29, 1.82) is 0 Å². The lowest BCUT2D eigenvalue weighted by molar-refractivity contribution is 0.897. The van der Waals surface area contributed by atoms with E-state index in [9.17, 15) is 0 Å². The molecule has 0 aliphatic rings. The van der Waals surface area contributed by atoms with Gasteiger partial charge >= 0.3 is 0 Å². The molecule has 0 bridgehead atoms. The molecule has 0 aliphatic carbocycles. The minimum Gasteiger partial charge on any atom is -0.353 e. The lowest BCUT2D eigenvalue weighted by Gasteiger charge is -2.16. The minimum absolute atomic E-state index is 0.405. The summed E-state index contributed by atoms with van der Waals surface area (Å²) >= 11 is 7.40. The molecular formula is C11H12ClN3S. The first-order valence-electron chi connectivity index (χ1n) is 4.90. The van der Waals surface area contributed by atoms with Crippen molar-refractivity contribution in [1.82, 2.24) is 9.97 Å². The van der Waals surface area contributed by atoms with E-state index in [1.54, 1.807) is 23.7 Å². The second-order valence-corrected chi connectivity index (χ2v) is 4.73. The highest BCUT2D eigenvalue weighted by Gasteiger charge is 2.04. The molecule has 0 spiro atoms. The summed E-state index contributed by atoms with van der Waals surface area (Å²) < 4.78 is 0. The summed E-state index contributed by atoms with van der Waals surface area (Å²) in [7, 11) is 2.00. The number of anilines is 1. The van der Waals surface area contributed by atoms with E-state index < -0.39 is 0 Å². The average molecular weight is 254 g/mol. The van der Waals surface area contributed by atoms with Crippen LogP contribution in [0.5, 0.6) is 0 Å². The van der Waals surface area contributed by atoms with Gasteiger partial charge in [-0.1, -0.05) is 6.07 Å². The zero-order valence-corrected chi connectivity index (χ0v) is 10.5. The first kappa shape index (κ1) is 11.4. The smallest absolute Gasteiger partial charge is 0.147 e. The first-order valence-corrected chi connectivity index (χ1v) is 6.31. The Morgan fingerprint density at radius 1 is 1.38 bits per heavy atom. The summed E-state index contributed by atoms with van der Waals surface area (Å²) in [5, 5.41) is 2.07. The van der Waals surface area contributed by atoms with Crippen LogP contribution in [0.4, 0.5) is 5.82 Å².